The summed E-state index contributed by atoms with van der Waals surface area (Å²) in [5.74, 6) is 4.28. The maximum atomic E-state index is 11.7. The van der Waals surface area contributed by atoms with Crippen molar-refractivity contribution in [3.05, 3.63) is 0 Å². The zero-order valence-electron chi connectivity index (χ0n) is 9.62. The van der Waals surface area contributed by atoms with E-state index in [0.717, 1.165) is 23.5 Å². The molecular formula is C10H18N2O2Se2. The van der Waals surface area contributed by atoms with Crippen molar-refractivity contribution in [2.75, 3.05) is 0 Å². The van der Waals surface area contributed by atoms with Gasteiger partial charge in [0.1, 0.15) is 0 Å². The number of rotatable bonds is 6. The first-order valence-electron chi connectivity index (χ1n) is 5.27. The third kappa shape index (κ3) is 4.10. The van der Waals surface area contributed by atoms with Gasteiger partial charge in [0.05, 0.1) is 0 Å². The molecule has 0 aliphatic carbocycles. The van der Waals surface area contributed by atoms with E-state index in [4.69, 9.17) is 0 Å². The van der Waals surface area contributed by atoms with E-state index < -0.39 is 0 Å². The van der Waals surface area contributed by atoms with Crippen LogP contribution in [-0.2, 0) is 9.59 Å². The van der Waals surface area contributed by atoms with Crippen molar-refractivity contribution < 1.29 is 9.59 Å². The predicted molar refractivity (Wildman–Crippen MR) is 65.9 cm³/mol. The van der Waals surface area contributed by atoms with Crippen molar-refractivity contribution in [2.45, 2.75) is 47.2 Å². The van der Waals surface area contributed by atoms with E-state index in [1.165, 1.54) is 0 Å². The molecule has 0 spiro atoms. The molecule has 0 bridgehead atoms. The van der Waals surface area contributed by atoms with Gasteiger partial charge in [-0.05, 0) is 0 Å². The quantitative estimate of drug-likeness (QED) is 0.663. The number of amides is 2. The molecule has 0 aromatic heterocycles. The number of hydrogen-bond donors (Lipinski definition) is 2. The summed E-state index contributed by atoms with van der Waals surface area (Å²) in [6, 6.07) is -0.588. The molecule has 1 fully saturated rings. The van der Waals surface area contributed by atoms with Crippen LogP contribution in [-0.4, -0.2) is 53.8 Å². The van der Waals surface area contributed by atoms with Gasteiger partial charge in [-0.3, -0.25) is 0 Å². The Balaban J connectivity index is 2.43. The molecular weight excluding hydrogens is 338 g/mol. The molecule has 2 amide bonds. The topological polar surface area (TPSA) is 58.2 Å². The van der Waals surface area contributed by atoms with Crippen molar-refractivity contribution in [1.29, 1.82) is 0 Å². The molecule has 1 aliphatic heterocycles. The fraction of sp³-hybridized carbons (Fsp3) is 0.800. The SMILES string of the molecule is C[Se]CC[C@@H]1NC(=O)[C@@H](CC[Se]C)NC1=O. The third-order valence-corrected chi connectivity index (χ3v) is 5.19. The summed E-state index contributed by atoms with van der Waals surface area (Å²) in [5.41, 5.74) is 0. The van der Waals surface area contributed by atoms with Gasteiger partial charge in [-0.2, -0.15) is 0 Å². The first-order chi connectivity index (χ1) is 7.69. The summed E-state index contributed by atoms with van der Waals surface area (Å²) in [7, 11) is 0. The molecule has 1 heterocycles. The van der Waals surface area contributed by atoms with Gasteiger partial charge in [-0.15, -0.1) is 0 Å². The molecule has 0 unspecified atom stereocenters. The Labute approximate surface area is 109 Å². The molecule has 1 saturated heterocycles. The summed E-state index contributed by atoms with van der Waals surface area (Å²) in [4.78, 5) is 23.4. The second kappa shape index (κ2) is 7.33. The van der Waals surface area contributed by atoms with Crippen LogP contribution >= 0.6 is 0 Å². The number of carbonyl (C=O) groups excluding carboxylic acids is 2. The molecule has 1 rings (SSSR count). The molecule has 0 aromatic carbocycles. The van der Waals surface area contributed by atoms with E-state index in [1.807, 2.05) is 0 Å². The van der Waals surface area contributed by atoms with E-state index >= 15 is 0 Å². The van der Waals surface area contributed by atoms with Gasteiger partial charge >= 0.3 is 109 Å². The molecule has 6 heteroatoms. The zero-order chi connectivity index (χ0) is 12.0. The molecule has 0 radical (unpaired) electrons. The molecule has 2 atom stereocenters. The number of piperazine rings is 1. The monoisotopic (exact) mass is 358 g/mol. The first kappa shape index (κ1) is 14.0. The van der Waals surface area contributed by atoms with Gasteiger partial charge in [-0.1, -0.05) is 0 Å². The molecule has 2 N–H and O–H groups in total. The van der Waals surface area contributed by atoms with Crippen LogP contribution in [0.1, 0.15) is 12.8 Å². The Hall–Kier alpha value is -0.0210. The van der Waals surface area contributed by atoms with Crippen molar-refractivity contribution in [2.24, 2.45) is 0 Å². The molecule has 16 heavy (non-hydrogen) atoms. The minimum absolute atomic E-state index is 0.00236. The molecule has 1 aliphatic rings. The van der Waals surface area contributed by atoms with Gasteiger partial charge in [-0.25, -0.2) is 0 Å². The van der Waals surface area contributed by atoms with Gasteiger partial charge in [0, 0.05) is 0 Å². The van der Waals surface area contributed by atoms with Crippen LogP contribution in [0.15, 0.2) is 0 Å². The Morgan fingerprint density at radius 2 is 1.31 bits per heavy atom. The Morgan fingerprint density at radius 3 is 1.62 bits per heavy atom. The average molecular weight is 356 g/mol. The summed E-state index contributed by atoms with van der Waals surface area (Å²) in [6.07, 6.45) is 1.55. The van der Waals surface area contributed by atoms with Crippen LogP contribution in [0.25, 0.3) is 0 Å². The normalized spacial score (nSPS) is 25.1. The van der Waals surface area contributed by atoms with Gasteiger partial charge < -0.3 is 0 Å². The fourth-order valence-electron chi connectivity index (χ4n) is 1.55. The predicted octanol–water partition coefficient (Wildman–Crippen LogP) is 0.0910. The van der Waals surface area contributed by atoms with Gasteiger partial charge in [0.15, 0.2) is 0 Å². The fourth-order valence-corrected chi connectivity index (χ4v) is 3.53. The van der Waals surface area contributed by atoms with E-state index in [2.05, 4.69) is 22.3 Å². The second-order valence-electron chi connectivity index (χ2n) is 3.69. The number of nitrogens with one attached hydrogen (secondary N) is 2. The van der Waals surface area contributed by atoms with Crippen molar-refractivity contribution in [3.8, 4) is 0 Å². The van der Waals surface area contributed by atoms with Crippen LogP contribution in [0.4, 0.5) is 0 Å². The van der Waals surface area contributed by atoms with E-state index in [9.17, 15) is 9.59 Å². The number of hydrogen-bond acceptors (Lipinski definition) is 2. The van der Waals surface area contributed by atoms with Crippen molar-refractivity contribution >= 4 is 41.7 Å². The van der Waals surface area contributed by atoms with Crippen molar-refractivity contribution in [3.63, 3.8) is 0 Å². The summed E-state index contributed by atoms with van der Waals surface area (Å²) in [6.45, 7) is 0. The van der Waals surface area contributed by atoms with Crippen LogP contribution in [0.5, 0.6) is 0 Å². The van der Waals surface area contributed by atoms with E-state index in [1.54, 1.807) is 0 Å². The van der Waals surface area contributed by atoms with E-state index in [0.29, 0.717) is 29.9 Å². The minimum atomic E-state index is -0.294. The Morgan fingerprint density at radius 1 is 0.938 bits per heavy atom. The third-order valence-electron chi connectivity index (χ3n) is 2.49. The summed E-state index contributed by atoms with van der Waals surface area (Å²) in [5, 5.41) is 7.72. The van der Waals surface area contributed by atoms with E-state index in [-0.39, 0.29) is 23.9 Å². The molecule has 92 valence electrons. The molecule has 0 aromatic rings. The molecule has 4 nitrogen and oxygen atoms in total. The Bertz CT molecular complexity index is 235. The van der Waals surface area contributed by atoms with Crippen LogP contribution in [0, 0.1) is 0 Å². The summed E-state index contributed by atoms with van der Waals surface area (Å²) < 4.78 is 0. The second-order valence-corrected chi connectivity index (χ2v) is 7.82. The zero-order valence-corrected chi connectivity index (χ0v) is 13.0. The number of carbonyl (C=O) groups is 2. The summed E-state index contributed by atoms with van der Waals surface area (Å²) >= 11 is 1.12. The Kier molecular flexibility index (Phi) is 6.44. The van der Waals surface area contributed by atoms with Gasteiger partial charge in [0.2, 0.25) is 0 Å². The maximum absolute atomic E-state index is 11.7. The average Bonchev–Trinajstić information content (AvgIpc) is 2.28. The van der Waals surface area contributed by atoms with Crippen LogP contribution in [0.2, 0.25) is 22.3 Å². The first-order valence-corrected chi connectivity index (χ1v) is 11.1. The molecule has 0 saturated carbocycles. The van der Waals surface area contributed by atoms with Crippen LogP contribution < -0.4 is 10.6 Å². The van der Waals surface area contributed by atoms with Crippen LogP contribution in [0.3, 0.4) is 0 Å². The standard InChI is InChI=1S/C10H18N2O2Se2/c1-15-5-3-7-9(13)12-8(4-6-16-2)10(14)11-7/h7-8H,3-6H2,1-2H3,(H,11,14)(H,12,13)/t7-,8+. The van der Waals surface area contributed by atoms with Gasteiger partial charge in [0.25, 0.3) is 0 Å². The van der Waals surface area contributed by atoms with Crippen molar-refractivity contribution in [1.82, 2.24) is 10.6 Å².